The third kappa shape index (κ3) is 5.03. The van der Waals surface area contributed by atoms with Crippen molar-refractivity contribution in [2.24, 2.45) is 0 Å². The monoisotopic (exact) mass is 97.1 g/mol. The van der Waals surface area contributed by atoms with Crippen molar-refractivity contribution in [2.75, 3.05) is 6.61 Å². The van der Waals surface area contributed by atoms with Crippen molar-refractivity contribution in [3.63, 3.8) is 0 Å². The van der Waals surface area contributed by atoms with Gasteiger partial charge in [-0.1, -0.05) is 0 Å². The van der Waals surface area contributed by atoms with Gasteiger partial charge in [-0.05, 0) is 6.92 Å². The minimum Gasteiger partial charge on any atom is -0.513 e. The van der Waals surface area contributed by atoms with Crippen LogP contribution in [0.1, 0.15) is 6.92 Å². The Morgan fingerprint density at radius 2 is 2.57 bits per heavy atom. The summed E-state index contributed by atoms with van der Waals surface area (Å²) in [7, 11) is 0. The second kappa shape index (κ2) is 5.03. The van der Waals surface area contributed by atoms with E-state index >= 15 is 0 Å². The van der Waals surface area contributed by atoms with Crippen molar-refractivity contribution in [2.45, 2.75) is 6.92 Å². The van der Waals surface area contributed by atoms with Gasteiger partial charge in [0.2, 0.25) is 0 Å². The lowest BCUT2D eigenvalue weighted by Crippen LogP contribution is -1.73. The summed E-state index contributed by atoms with van der Waals surface area (Å²) < 4.78 is 4.68. The normalized spacial score (nSPS) is 8.57. The molecule has 0 saturated heterocycles. The molecule has 0 saturated carbocycles. The number of nitrogens with zero attached hydrogens (tertiary/aromatic N) is 1. The van der Waals surface area contributed by atoms with Gasteiger partial charge in [0, 0.05) is 0 Å². The molecule has 2 heteroatoms. The lowest BCUT2D eigenvalue weighted by atomic mass is 10.8. The van der Waals surface area contributed by atoms with Crippen molar-refractivity contribution in [3.05, 3.63) is 23.9 Å². The maximum Gasteiger partial charge on any atom is 0.187 e. The van der Waals surface area contributed by atoms with E-state index < -0.39 is 0 Å². The van der Waals surface area contributed by atoms with E-state index in [9.17, 15) is 0 Å². The van der Waals surface area contributed by atoms with Gasteiger partial charge in [0.25, 0.3) is 0 Å². The van der Waals surface area contributed by atoms with Crippen LogP contribution in [0.2, 0.25) is 0 Å². The topological polar surface area (TPSA) is 13.6 Å². The molecular formula is C5H7NO. The predicted octanol–water partition coefficient (Wildman–Crippen LogP) is 1.41. The van der Waals surface area contributed by atoms with Gasteiger partial charge in [0.1, 0.15) is 0 Å². The molecule has 7 heavy (non-hydrogen) atoms. The Bertz CT molecular complexity index is 90.7. The van der Waals surface area contributed by atoms with Gasteiger partial charge in [0.05, 0.1) is 19.4 Å². The smallest absolute Gasteiger partial charge is 0.187 e. The molecule has 0 aromatic heterocycles. The van der Waals surface area contributed by atoms with E-state index in [1.807, 2.05) is 6.92 Å². The molecule has 0 aliphatic heterocycles. The van der Waals surface area contributed by atoms with Crippen LogP contribution in [0.15, 0.2) is 12.5 Å². The van der Waals surface area contributed by atoms with Crippen LogP contribution in [-0.4, -0.2) is 6.61 Å². The van der Waals surface area contributed by atoms with Gasteiger partial charge in [-0.3, -0.25) is 0 Å². The molecule has 0 N–H and O–H groups in total. The average molecular weight is 97.1 g/mol. The fourth-order valence-corrected chi connectivity index (χ4v) is 0.170. The first-order valence-corrected chi connectivity index (χ1v) is 2.05. The van der Waals surface area contributed by atoms with Crippen LogP contribution in [0.3, 0.4) is 0 Å². The molecule has 0 radical (unpaired) electrons. The lowest BCUT2D eigenvalue weighted by Gasteiger charge is -1.86. The van der Waals surface area contributed by atoms with E-state index in [-0.39, 0.29) is 0 Å². The molecule has 0 aromatic rings. The SMILES string of the molecule is [C-]#[N+]C=COCC. The summed E-state index contributed by atoms with van der Waals surface area (Å²) in [6.07, 6.45) is 2.66. The average Bonchev–Trinajstić information content (AvgIpc) is 1.69. The largest absolute Gasteiger partial charge is 0.513 e. The van der Waals surface area contributed by atoms with Gasteiger partial charge in [-0.25, -0.2) is 4.85 Å². The summed E-state index contributed by atoms with van der Waals surface area (Å²) in [5, 5.41) is 0. The van der Waals surface area contributed by atoms with Gasteiger partial charge >= 0.3 is 0 Å². The van der Waals surface area contributed by atoms with Crippen LogP contribution < -0.4 is 0 Å². The second-order valence-electron chi connectivity index (χ2n) is 0.870. The fraction of sp³-hybridized carbons (Fsp3) is 0.400. The molecule has 0 unspecified atom stereocenters. The van der Waals surface area contributed by atoms with Crippen LogP contribution in [0.5, 0.6) is 0 Å². The summed E-state index contributed by atoms with van der Waals surface area (Å²) in [6.45, 7) is 8.74. The van der Waals surface area contributed by atoms with Gasteiger partial charge in [0.15, 0.2) is 6.20 Å². The maximum absolute atomic E-state index is 6.24. The Labute approximate surface area is 43.2 Å². The molecule has 0 bridgehead atoms. The highest BCUT2D eigenvalue weighted by molar-refractivity contribution is 4.82. The molecule has 0 rings (SSSR count). The summed E-state index contributed by atoms with van der Waals surface area (Å²) in [6, 6.07) is 0. The highest BCUT2D eigenvalue weighted by Gasteiger charge is 1.63. The van der Waals surface area contributed by atoms with Gasteiger partial charge in [-0.2, -0.15) is 0 Å². The Balaban J connectivity index is 2.97. The quantitative estimate of drug-likeness (QED) is 0.375. The highest BCUT2D eigenvalue weighted by atomic mass is 16.5. The standard InChI is InChI=1S/C5H7NO/c1-3-7-5-4-6-2/h4-5H,3H2,1H3. The van der Waals surface area contributed by atoms with E-state index in [1.165, 1.54) is 12.5 Å². The van der Waals surface area contributed by atoms with Gasteiger partial charge < -0.3 is 4.74 Å². The van der Waals surface area contributed by atoms with Crippen LogP contribution in [0, 0.1) is 6.57 Å². The van der Waals surface area contributed by atoms with Crippen LogP contribution >= 0.6 is 0 Å². The second-order valence-corrected chi connectivity index (χ2v) is 0.870. The Morgan fingerprint density at radius 3 is 3.00 bits per heavy atom. The minimum atomic E-state index is 0.631. The first-order valence-electron chi connectivity index (χ1n) is 2.05. The summed E-state index contributed by atoms with van der Waals surface area (Å²) in [5.41, 5.74) is 0. The molecular weight excluding hydrogens is 90.1 g/mol. The Morgan fingerprint density at radius 1 is 1.86 bits per heavy atom. The van der Waals surface area contributed by atoms with E-state index in [4.69, 9.17) is 6.57 Å². The number of hydrogen-bond donors (Lipinski definition) is 0. The molecule has 0 heterocycles. The van der Waals surface area contributed by atoms with E-state index in [0.29, 0.717) is 6.61 Å². The van der Waals surface area contributed by atoms with Crippen LogP contribution in [0.4, 0.5) is 0 Å². The van der Waals surface area contributed by atoms with Gasteiger partial charge in [-0.15, -0.1) is 0 Å². The highest BCUT2D eigenvalue weighted by Crippen LogP contribution is 1.74. The van der Waals surface area contributed by atoms with Crippen molar-refractivity contribution < 1.29 is 4.74 Å². The molecule has 0 aliphatic rings. The van der Waals surface area contributed by atoms with Crippen LogP contribution in [0.25, 0.3) is 4.85 Å². The molecule has 38 valence electrons. The molecule has 0 aromatic carbocycles. The number of hydrogen-bond acceptors (Lipinski definition) is 1. The summed E-state index contributed by atoms with van der Waals surface area (Å²) in [5.74, 6) is 0. The fourth-order valence-electron chi connectivity index (χ4n) is 0.170. The van der Waals surface area contributed by atoms with Crippen molar-refractivity contribution in [1.82, 2.24) is 0 Å². The number of ether oxygens (including phenoxy) is 1. The summed E-state index contributed by atoms with van der Waals surface area (Å²) >= 11 is 0. The minimum absolute atomic E-state index is 0.631. The van der Waals surface area contributed by atoms with E-state index in [1.54, 1.807) is 0 Å². The van der Waals surface area contributed by atoms with Crippen molar-refractivity contribution >= 4 is 0 Å². The molecule has 0 aliphatic carbocycles. The predicted molar refractivity (Wildman–Crippen MR) is 27.4 cm³/mol. The van der Waals surface area contributed by atoms with E-state index in [0.717, 1.165) is 0 Å². The molecule has 2 nitrogen and oxygen atoms in total. The zero-order chi connectivity index (χ0) is 5.54. The van der Waals surface area contributed by atoms with Crippen molar-refractivity contribution in [3.8, 4) is 0 Å². The Hall–Kier alpha value is -0.970. The number of rotatable bonds is 2. The maximum atomic E-state index is 6.24. The third-order valence-corrected chi connectivity index (χ3v) is 0.398. The molecule has 0 atom stereocenters. The van der Waals surface area contributed by atoms with Crippen molar-refractivity contribution in [1.29, 1.82) is 0 Å². The molecule has 0 fully saturated rings. The zero-order valence-corrected chi connectivity index (χ0v) is 4.22. The Kier molecular flexibility index (Phi) is 4.33. The first-order chi connectivity index (χ1) is 3.41. The summed E-state index contributed by atoms with van der Waals surface area (Å²) in [4.78, 5) is 2.92. The molecule has 0 amide bonds. The van der Waals surface area contributed by atoms with Crippen LogP contribution in [-0.2, 0) is 4.74 Å². The zero-order valence-electron chi connectivity index (χ0n) is 4.22. The van der Waals surface area contributed by atoms with E-state index in [2.05, 4.69) is 9.58 Å². The molecule has 0 spiro atoms. The lowest BCUT2D eigenvalue weighted by molar-refractivity contribution is 0.269. The third-order valence-electron chi connectivity index (χ3n) is 0.398. The first kappa shape index (κ1) is 6.03.